The standard InChI is InChI=1S/C11H17N5O3.ClH/c1-7-6-12-4-5-15(7)11(17)10-9(16(18)19)8(2)13-14(10)3;/h7,12H,4-6H2,1-3H3;1H/t7-;/m0./s1. The molecule has 2 heterocycles. The Hall–Kier alpha value is -1.67. The van der Waals surface area contributed by atoms with E-state index in [-0.39, 0.29) is 41.4 Å². The lowest BCUT2D eigenvalue weighted by molar-refractivity contribution is -0.385. The molecule has 1 saturated heterocycles. The summed E-state index contributed by atoms with van der Waals surface area (Å²) in [6.07, 6.45) is 0. The molecule has 1 aromatic heterocycles. The number of amides is 1. The van der Waals surface area contributed by atoms with Crippen LogP contribution >= 0.6 is 12.4 Å². The number of aromatic nitrogens is 2. The van der Waals surface area contributed by atoms with Crippen LogP contribution in [0, 0.1) is 17.0 Å². The zero-order chi connectivity index (χ0) is 14.2. The van der Waals surface area contributed by atoms with E-state index in [1.807, 2.05) is 6.92 Å². The van der Waals surface area contributed by atoms with Crippen LogP contribution in [-0.2, 0) is 7.05 Å². The first kappa shape index (κ1) is 16.4. The van der Waals surface area contributed by atoms with Gasteiger partial charge in [0.05, 0.1) is 4.92 Å². The van der Waals surface area contributed by atoms with Gasteiger partial charge in [0.1, 0.15) is 5.69 Å². The second-order valence-electron chi connectivity index (χ2n) is 4.72. The number of nitrogens with zero attached hydrogens (tertiary/aromatic N) is 4. The molecule has 1 aliphatic rings. The second kappa shape index (κ2) is 6.19. The van der Waals surface area contributed by atoms with Crippen LogP contribution in [0.15, 0.2) is 0 Å². The zero-order valence-corrected chi connectivity index (χ0v) is 12.4. The van der Waals surface area contributed by atoms with Gasteiger partial charge < -0.3 is 10.2 Å². The minimum atomic E-state index is -0.539. The molecule has 8 nitrogen and oxygen atoms in total. The summed E-state index contributed by atoms with van der Waals surface area (Å²) in [7, 11) is 1.56. The molecule has 0 unspecified atom stereocenters. The van der Waals surface area contributed by atoms with Crippen LogP contribution < -0.4 is 5.32 Å². The average Bonchev–Trinajstić information content (AvgIpc) is 2.64. The van der Waals surface area contributed by atoms with Gasteiger partial charge in [-0.2, -0.15) is 5.10 Å². The van der Waals surface area contributed by atoms with Crippen molar-refractivity contribution in [2.45, 2.75) is 19.9 Å². The van der Waals surface area contributed by atoms with E-state index in [1.54, 1.807) is 11.9 Å². The van der Waals surface area contributed by atoms with Crippen LogP contribution in [0.1, 0.15) is 23.1 Å². The van der Waals surface area contributed by atoms with Crippen molar-refractivity contribution in [1.29, 1.82) is 0 Å². The van der Waals surface area contributed by atoms with E-state index >= 15 is 0 Å². The van der Waals surface area contributed by atoms with Gasteiger partial charge in [-0.3, -0.25) is 19.6 Å². The van der Waals surface area contributed by atoms with E-state index in [9.17, 15) is 14.9 Å². The van der Waals surface area contributed by atoms with Crippen LogP contribution in [0.3, 0.4) is 0 Å². The Kier molecular flexibility index (Phi) is 5.07. The number of carbonyl (C=O) groups excluding carboxylic acids is 1. The third-order valence-corrected chi connectivity index (χ3v) is 3.34. The van der Waals surface area contributed by atoms with Crippen molar-refractivity contribution in [3.8, 4) is 0 Å². The lowest BCUT2D eigenvalue weighted by atomic mass is 10.2. The van der Waals surface area contributed by atoms with Crippen molar-refractivity contribution in [1.82, 2.24) is 20.0 Å². The van der Waals surface area contributed by atoms with Crippen LogP contribution in [0.2, 0.25) is 0 Å². The van der Waals surface area contributed by atoms with Crippen LogP contribution in [0.5, 0.6) is 0 Å². The molecular weight excluding hydrogens is 286 g/mol. The van der Waals surface area contributed by atoms with Crippen molar-refractivity contribution in [2.75, 3.05) is 19.6 Å². The topological polar surface area (TPSA) is 93.3 Å². The Morgan fingerprint density at radius 1 is 1.55 bits per heavy atom. The number of hydrogen-bond acceptors (Lipinski definition) is 5. The van der Waals surface area contributed by atoms with Gasteiger partial charge in [-0.05, 0) is 13.8 Å². The highest BCUT2D eigenvalue weighted by atomic mass is 35.5. The Bertz CT molecular complexity index is 530. The van der Waals surface area contributed by atoms with Gasteiger partial charge in [0.15, 0.2) is 0 Å². The minimum Gasteiger partial charge on any atom is -0.332 e. The van der Waals surface area contributed by atoms with E-state index in [4.69, 9.17) is 0 Å². The SMILES string of the molecule is Cc1nn(C)c(C(=O)N2CCNC[C@@H]2C)c1[N+](=O)[O-].Cl. The highest BCUT2D eigenvalue weighted by Crippen LogP contribution is 2.24. The molecule has 20 heavy (non-hydrogen) atoms. The molecule has 0 aliphatic carbocycles. The number of rotatable bonds is 2. The van der Waals surface area contributed by atoms with Gasteiger partial charge in [0.2, 0.25) is 5.69 Å². The maximum Gasteiger partial charge on any atom is 0.322 e. The van der Waals surface area contributed by atoms with Crippen molar-refractivity contribution in [3.05, 3.63) is 21.5 Å². The third kappa shape index (κ3) is 2.75. The third-order valence-electron chi connectivity index (χ3n) is 3.34. The smallest absolute Gasteiger partial charge is 0.322 e. The monoisotopic (exact) mass is 303 g/mol. The molecule has 1 fully saturated rings. The van der Waals surface area contributed by atoms with E-state index in [0.29, 0.717) is 19.6 Å². The van der Waals surface area contributed by atoms with Gasteiger partial charge in [0.25, 0.3) is 5.91 Å². The summed E-state index contributed by atoms with van der Waals surface area (Å²) in [6.45, 7) is 5.38. The Labute approximate surface area is 122 Å². The number of carbonyl (C=O) groups is 1. The number of halogens is 1. The molecule has 0 saturated carbocycles. The Morgan fingerprint density at radius 2 is 2.20 bits per heavy atom. The van der Waals surface area contributed by atoms with Crippen molar-refractivity contribution < 1.29 is 9.72 Å². The average molecular weight is 304 g/mol. The van der Waals surface area contributed by atoms with Crippen molar-refractivity contribution >= 4 is 24.0 Å². The Morgan fingerprint density at radius 3 is 2.75 bits per heavy atom. The number of hydrogen-bond donors (Lipinski definition) is 1. The summed E-state index contributed by atoms with van der Waals surface area (Å²) in [5.74, 6) is -0.330. The van der Waals surface area contributed by atoms with Gasteiger partial charge in [-0.25, -0.2) is 0 Å². The van der Waals surface area contributed by atoms with Gasteiger partial charge in [-0.1, -0.05) is 0 Å². The summed E-state index contributed by atoms with van der Waals surface area (Å²) in [6, 6.07) is 0.0102. The fraction of sp³-hybridized carbons (Fsp3) is 0.636. The summed E-state index contributed by atoms with van der Waals surface area (Å²) < 4.78 is 1.30. The summed E-state index contributed by atoms with van der Waals surface area (Å²) in [4.78, 5) is 24.7. The molecule has 2 rings (SSSR count). The van der Waals surface area contributed by atoms with Crippen LogP contribution in [0.4, 0.5) is 5.69 Å². The van der Waals surface area contributed by atoms with Crippen LogP contribution in [-0.4, -0.2) is 51.2 Å². The number of nitrogens with one attached hydrogen (secondary N) is 1. The lowest BCUT2D eigenvalue weighted by Gasteiger charge is -2.33. The maximum atomic E-state index is 12.5. The highest BCUT2D eigenvalue weighted by molar-refractivity contribution is 5.97. The quantitative estimate of drug-likeness (QED) is 0.634. The van der Waals surface area contributed by atoms with E-state index in [1.165, 1.54) is 11.6 Å². The molecule has 1 atom stereocenters. The fourth-order valence-corrected chi connectivity index (χ4v) is 2.38. The summed E-state index contributed by atoms with van der Waals surface area (Å²) >= 11 is 0. The molecule has 1 amide bonds. The van der Waals surface area contributed by atoms with E-state index < -0.39 is 4.92 Å². The predicted molar refractivity (Wildman–Crippen MR) is 75.2 cm³/mol. The Balaban J connectivity index is 0.00000200. The lowest BCUT2D eigenvalue weighted by Crippen LogP contribution is -2.52. The van der Waals surface area contributed by atoms with Gasteiger partial charge in [0, 0.05) is 32.7 Å². The highest BCUT2D eigenvalue weighted by Gasteiger charge is 2.34. The molecule has 0 spiro atoms. The largest absolute Gasteiger partial charge is 0.332 e. The van der Waals surface area contributed by atoms with Gasteiger partial charge in [-0.15, -0.1) is 12.4 Å². The zero-order valence-electron chi connectivity index (χ0n) is 11.6. The van der Waals surface area contributed by atoms with E-state index in [2.05, 4.69) is 10.4 Å². The normalized spacial score (nSPS) is 18.6. The first-order valence-electron chi connectivity index (χ1n) is 6.13. The molecule has 112 valence electrons. The molecule has 9 heteroatoms. The van der Waals surface area contributed by atoms with Crippen molar-refractivity contribution in [3.63, 3.8) is 0 Å². The molecular formula is C11H18ClN5O3. The number of aryl methyl sites for hydroxylation is 2. The predicted octanol–water partition coefficient (Wildman–Crippen LogP) is 0.492. The summed E-state index contributed by atoms with van der Waals surface area (Å²) in [5.41, 5.74) is 0.119. The molecule has 0 aromatic carbocycles. The van der Waals surface area contributed by atoms with Crippen LogP contribution in [0.25, 0.3) is 0 Å². The second-order valence-corrected chi connectivity index (χ2v) is 4.72. The fourth-order valence-electron chi connectivity index (χ4n) is 2.38. The first-order chi connectivity index (χ1) is 8.93. The van der Waals surface area contributed by atoms with E-state index in [0.717, 1.165) is 0 Å². The first-order valence-corrected chi connectivity index (χ1v) is 6.13. The molecule has 1 N–H and O–H groups in total. The van der Waals surface area contributed by atoms with Crippen molar-refractivity contribution in [2.24, 2.45) is 7.05 Å². The maximum absolute atomic E-state index is 12.5. The molecule has 1 aliphatic heterocycles. The minimum absolute atomic E-state index is 0. The molecule has 1 aromatic rings. The number of piperazine rings is 1. The number of nitro groups is 1. The molecule has 0 radical (unpaired) electrons. The summed E-state index contributed by atoms with van der Waals surface area (Å²) in [5, 5.41) is 18.3. The van der Waals surface area contributed by atoms with Gasteiger partial charge >= 0.3 is 5.69 Å². The molecule has 0 bridgehead atoms.